The normalized spacial score (nSPS) is 21.3. The zero-order valence-electron chi connectivity index (χ0n) is 6.49. The van der Waals surface area contributed by atoms with Gasteiger partial charge >= 0.3 is 0 Å². The minimum atomic E-state index is -0.0834. The molecule has 0 saturated heterocycles. The van der Waals surface area contributed by atoms with E-state index in [0.717, 1.165) is 0 Å². The minimum Gasteiger partial charge on any atom is -0.493 e. The first-order valence-corrected chi connectivity index (χ1v) is 4.47. The summed E-state index contributed by atoms with van der Waals surface area (Å²) in [6, 6.07) is 7.34. The van der Waals surface area contributed by atoms with E-state index in [9.17, 15) is 4.79 Å². The summed E-state index contributed by atoms with van der Waals surface area (Å²) in [5.41, 5.74) is 0.698. The largest absolute Gasteiger partial charge is 0.493 e. The van der Waals surface area contributed by atoms with E-state index in [4.69, 9.17) is 4.74 Å². The Labute approximate surface area is 79.0 Å². The number of carbonyl (C=O) groups is 1. The first-order valence-electron chi connectivity index (χ1n) is 3.80. The van der Waals surface area contributed by atoms with Crippen LogP contribution in [0.15, 0.2) is 24.3 Å². The second kappa shape index (κ2) is 2.93. The van der Waals surface area contributed by atoms with Crippen molar-refractivity contribution in [3.8, 4) is 5.75 Å². The lowest BCUT2D eigenvalue weighted by atomic mass is 10.1. The third-order valence-corrected chi connectivity index (χ3v) is 2.40. The molecule has 0 spiro atoms. The molecule has 1 aliphatic heterocycles. The van der Waals surface area contributed by atoms with Gasteiger partial charge in [0.15, 0.2) is 5.78 Å². The number of Topliss-reactive ketones (excluding diaryl/α,β-unsaturated/α-hetero) is 1. The Morgan fingerprint density at radius 3 is 3.00 bits per heavy atom. The van der Waals surface area contributed by atoms with Crippen LogP contribution in [0.1, 0.15) is 10.4 Å². The fourth-order valence-corrected chi connectivity index (χ4v) is 1.53. The van der Waals surface area contributed by atoms with Crippen molar-refractivity contribution in [2.24, 2.45) is 0 Å². The van der Waals surface area contributed by atoms with Crippen molar-refractivity contribution in [1.82, 2.24) is 0 Å². The molecule has 0 aliphatic carbocycles. The van der Waals surface area contributed by atoms with Gasteiger partial charge in [0.25, 0.3) is 0 Å². The Morgan fingerprint density at radius 1 is 1.42 bits per heavy atom. The maximum absolute atomic E-state index is 11.5. The molecule has 2 rings (SSSR count). The molecule has 0 aromatic heterocycles. The second-order valence-corrected chi connectivity index (χ2v) is 3.58. The molecule has 1 aliphatic rings. The summed E-state index contributed by atoms with van der Waals surface area (Å²) >= 11 is 2.49. The van der Waals surface area contributed by atoms with E-state index in [-0.39, 0.29) is 10.6 Å². The van der Waals surface area contributed by atoms with Crippen molar-refractivity contribution < 1.29 is 9.53 Å². The van der Waals surface area contributed by atoms with Gasteiger partial charge in [-0.3, -0.25) is 4.79 Å². The number of benzene rings is 1. The molecule has 1 heterocycles. The fraction of sp³-hybridized carbons (Fsp3) is 0.222. The Kier molecular flexibility index (Phi) is 1.92. The lowest BCUT2D eigenvalue weighted by Crippen LogP contribution is -2.22. The molecule has 1 aromatic carbocycles. The Bertz CT molecular complexity index is 322. The van der Waals surface area contributed by atoms with Gasteiger partial charge in [0.2, 0.25) is 0 Å². The number of ketones is 1. The van der Waals surface area contributed by atoms with Crippen LogP contribution in [0.25, 0.3) is 0 Å². The minimum absolute atomic E-state index is 0.0834. The predicted molar refractivity (Wildman–Crippen MR) is 45.8 cm³/mol. The summed E-state index contributed by atoms with van der Waals surface area (Å²) < 4.78 is 5.28. The molecule has 1 unspecified atom stereocenters. The molecule has 0 fully saturated rings. The van der Waals surface area contributed by atoms with E-state index < -0.39 is 0 Å². The SMILES string of the molecule is O=C1c2ccccc2OC[CH]1[Al]. The highest BCUT2D eigenvalue weighted by atomic mass is 27.0. The van der Waals surface area contributed by atoms with Crippen LogP contribution in [0.4, 0.5) is 0 Å². The van der Waals surface area contributed by atoms with Crippen LogP contribution >= 0.6 is 0 Å². The van der Waals surface area contributed by atoms with E-state index in [0.29, 0.717) is 17.9 Å². The highest BCUT2D eigenvalue weighted by Gasteiger charge is 2.23. The van der Waals surface area contributed by atoms with E-state index in [1.165, 1.54) is 0 Å². The number of para-hydroxylation sites is 1. The monoisotopic (exact) mass is 174 g/mol. The molecule has 3 heteroatoms. The highest BCUT2D eigenvalue weighted by molar-refractivity contribution is 6.28. The van der Waals surface area contributed by atoms with Crippen LogP contribution in [-0.4, -0.2) is 28.7 Å². The summed E-state index contributed by atoms with van der Waals surface area (Å²) in [6.07, 6.45) is 0. The molecule has 58 valence electrons. The third kappa shape index (κ3) is 1.16. The number of rotatable bonds is 0. The molecular formula is C9H7AlO2. The molecule has 12 heavy (non-hydrogen) atoms. The maximum atomic E-state index is 11.5. The molecule has 0 saturated carbocycles. The average Bonchev–Trinajstić information content (AvgIpc) is 2.12. The van der Waals surface area contributed by atoms with Gasteiger partial charge in [-0.1, -0.05) is 12.1 Å². The van der Waals surface area contributed by atoms with Crippen molar-refractivity contribution >= 4 is 22.1 Å². The number of hydrogen-bond donors (Lipinski definition) is 0. The Hall–Kier alpha value is -0.778. The lowest BCUT2D eigenvalue weighted by molar-refractivity contribution is 0.0935. The van der Waals surface area contributed by atoms with E-state index in [2.05, 4.69) is 16.3 Å². The van der Waals surface area contributed by atoms with Crippen LogP contribution in [0.5, 0.6) is 5.75 Å². The van der Waals surface area contributed by atoms with Gasteiger partial charge in [0, 0.05) is 0 Å². The highest BCUT2D eigenvalue weighted by Crippen LogP contribution is 2.27. The van der Waals surface area contributed by atoms with Gasteiger partial charge < -0.3 is 4.74 Å². The van der Waals surface area contributed by atoms with Gasteiger partial charge in [-0.05, 0) is 16.9 Å². The van der Waals surface area contributed by atoms with Crippen LogP contribution in [-0.2, 0) is 0 Å². The van der Waals surface area contributed by atoms with Crippen molar-refractivity contribution in [1.29, 1.82) is 0 Å². The van der Waals surface area contributed by atoms with E-state index in [1.807, 2.05) is 18.2 Å². The molecule has 2 nitrogen and oxygen atoms in total. The van der Waals surface area contributed by atoms with Gasteiger partial charge in [-0.15, -0.1) is 0 Å². The number of ether oxygens (including phenoxy) is 1. The molecule has 2 radical (unpaired) electrons. The standard InChI is InChI=1S/C9H7O2.Al/c10-8-5-6-11-9-4-2-1-3-7(8)9;/h1-5H,6H2;. The predicted octanol–water partition coefficient (Wildman–Crippen LogP) is 1.22. The lowest BCUT2D eigenvalue weighted by Gasteiger charge is -2.21. The zero-order chi connectivity index (χ0) is 8.55. The molecule has 1 atom stereocenters. The number of fused-ring (bicyclic) bond motifs is 1. The van der Waals surface area contributed by atoms with Crippen LogP contribution in [0.2, 0.25) is 4.78 Å². The fourth-order valence-electron chi connectivity index (χ4n) is 1.25. The molecular weight excluding hydrogens is 167 g/mol. The van der Waals surface area contributed by atoms with Crippen LogP contribution in [0, 0.1) is 0 Å². The second-order valence-electron chi connectivity index (χ2n) is 2.78. The van der Waals surface area contributed by atoms with Crippen LogP contribution < -0.4 is 4.74 Å². The summed E-state index contributed by atoms with van der Waals surface area (Å²) in [5, 5.41) is 0. The smallest absolute Gasteiger partial charge is 0.157 e. The zero-order valence-corrected chi connectivity index (χ0v) is 7.64. The number of carbonyl (C=O) groups excluding carboxylic acids is 1. The quantitative estimate of drug-likeness (QED) is 0.553. The van der Waals surface area contributed by atoms with E-state index >= 15 is 0 Å². The Balaban J connectivity index is 2.49. The number of hydrogen-bond acceptors (Lipinski definition) is 2. The molecule has 0 N–H and O–H groups in total. The molecule has 0 amide bonds. The molecule has 0 bridgehead atoms. The van der Waals surface area contributed by atoms with Gasteiger partial charge in [0.1, 0.15) is 22.0 Å². The van der Waals surface area contributed by atoms with Crippen molar-refractivity contribution in [3.05, 3.63) is 29.8 Å². The Morgan fingerprint density at radius 2 is 2.17 bits per heavy atom. The molecule has 1 aromatic rings. The van der Waals surface area contributed by atoms with Gasteiger partial charge in [-0.2, -0.15) is 0 Å². The maximum Gasteiger partial charge on any atom is 0.157 e. The van der Waals surface area contributed by atoms with Crippen molar-refractivity contribution in [3.63, 3.8) is 0 Å². The van der Waals surface area contributed by atoms with Crippen molar-refractivity contribution in [2.75, 3.05) is 6.61 Å². The first kappa shape index (κ1) is 7.85. The average molecular weight is 174 g/mol. The van der Waals surface area contributed by atoms with E-state index in [1.54, 1.807) is 6.07 Å². The van der Waals surface area contributed by atoms with Crippen LogP contribution in [0.3, 0.4) is 0 Å². The summed E-state index contributed by atoms with van der Waals surface area (Å²) in [4.78, 5) is 11.5. The topological polar surface area (TPSA) is 26.3 Å². The van der Waals surface area contributed by atoms with Gasteiger partial charge in [-0.25, -0.2) is 0 Å². The summed E-state index contributed by atoms with van der Waals surface area (Å²) in [7, 11) is 0. The van der Waals surface area contributed by atoms with Crippen molar-refractivity contribution in [2.45, 2.75) is 4.78 Å². The first-order chi connectivity index (χ1) is 5.79. The third-order valence-electron chi connectivity index (χ3n) is 1.91. The summed E-state index contributed by atoms with van der Waals surface area (Å²) in [5.74, 6) is 0.864. The van der Waals surface area contributed by atoms with Gasteiger partial charge in [0.05, 0.1) is 12.2 Å². The summed E-state index contributed by atoms with van der Waals surface area (Å²) in [6.45, 7) is 0.473.